The Kier molecular flexibility index (Phi) is 5.84. The van der Waals surface area contributed by atoms with E-state index < -0.39 is 0 Å². The van der Waals surface area contributed by atoms with Gasteiger partial charge >= 0.3 is 0 Å². The van der Waals surface area contributed by atoms with Crippen molar-refractivity contribution in [2.45, 2.75) is 12.1 Å². The molecule has 1 fully saturated rings. The summed E-state index contributed by atoms with van der Waals surface area (Å²) in [6, 6.07) is 21.7. The van der Waals surface area contributed by atoms with E-state index in [-0.39, 0.29) is 17.9 Å². The third-order valence-corrected chi connectivity index (χ3v) is 6.65. The fraction of sp³-hybridized carbons (Fsp3) is 0.0833. The zero-order valence-corrected chi connectivity index (χ0v) is 20.5. The predicted octanol–water partition coefficient (Wildman–Crippen LogP) is 7.18. The summed E-state index contributed by atoms with van der Waals surface area (Å²) >= 11 is 12.5. The molecule has 1 saturated heterocycles. The van der Waals surface area contributed by atoms with Crippen molar-refractivity contribution < 1.29 is 8.81 Å². The summed E-state index contributed by atoms with van der Waals surface area (Å²) in [5, 5.41) is 3.96. The van der Waals surface area contributed by atoms with Crippen LogP contribution in [0.1, 0.15) is 23.5 Å². The van der Waals surface area contributed by atoms with Gasteiger partial charge in [-0.1, -0.05) is 37.9 Å². The van der Waals surface area contributed by atoms with Crippen LogP contribution >= 0.6 is 44.1 Å². The first-order valence-corrected chi connectivity index (χ1v) is 11.8. The summed E-state index contributed by atoms with van der Waals surface area (Å²) in [6.07, 6.45) is 1.75. The molecule has 0 saturated carbocycles. The van der Waals surface area contributed by atoms with Crippen molar-refractivity contribution in [2.75, 3.05) is 4.90 Å². The van der Waals surface area contributed by atoms with Crippen LogP contribution < -0.4 is 10.2 Å². The molecule has 2 atom stereocenters. The second-order valence-electron chi connectivity index (χ2n) is 7.30. The van der Waals surface area contributed by atoms with Gasteiger partial charge in [0.25, 0.3) is 0 Å². The maximum Gasteiger partial charge on any atom is 0.174 e. The van der Waals surface area contributed by atoms with Crippen LogP contribution in [0.15, 0.2) is 92.4 Å². The number of furan rings is 1. The summed E-state index contributed by atoms with van der Waals surface area (Å²) in [4.78, 5) is 6.55. The average molecular weight is 573 g/mol. The zero-order valence-electron chi connectivity index (χ0n) is 16.5. The van der Waals surface area contributed by atoms with Gasteiger partial charge in [0.2, 0.25) is 0 Å². The standard InChI is InChI=1S/C24H16Br2FN3OS/c25-14-4-7-16(8-5-14)30-23(22(29-24(30)32)19-3-1-2-12-28-19)21-11-10-20(31-21)17-9-6-15(26)13-18(17)27/h1-13,22-23H,(H,29,32)/t22-,23+/m1/s1. The Balaban J connectivity index is 1.60. The van der Waals surface area contributed by atoms with E-state index in [0.29, 0.717) is 26.7 Å². The fourth-order valence-electron chi connectivity index (χ4n) is 3.87. The van der Waals surface area contributed by atoms with E-state index >= 15 is 0 Å². The lowest BCUT2D eigenvalue weighted by Crippen LogP contribution is -2.29. The highest BCUT2D eigenvalue weighted by atomic mass is 79.9. The van der Waals surface area contributed by atoms with E-state index in [4.69, 9.17) is 16.6 Å². The van der Waals surface area contributed by atoms with Crippen molar-refractivity contribution in [3.05, 3.63) is 105 Å². The first kappa shape index (κ1) is 21.3. The van der Waals surface area contributed by atoms with Crippen LogP contribution in [-0.2, 0) is 0 Å². The molecule has 2 aromatic heterocycles. The minimum atomic E-state index is -0.355. The summed E-state index contributed by atoms with van der Waals surface area (Å²) in [6.45, 7) is 0. The van der Waals surface area contributed by atoms with Crippen molar-refractivity contribution in [3.8, 4) is 11.3 Å². The normalized spacial score (nSPS) is 18.1. The van der Waals surface area contributed by atoms with Gasteiger partial charge in [-0.15, -0.1) is 0 Å². The minimum Gasteiger partial charge on any atom is -0.459 e. The van der Waals surface area contributed by atoms with E-state index in [9.17, 15) is 4.39 Å². The lowest BCUT2D eigenvalue weighted by atomic mass is 10.0. The van der Waals surface area contributed by atoms with Crippen LogP contribution in [0.4, 0.5) is 10.1 Å². The van der Waals surface area contributed by atoms with E-state index in [2.05, 4.69) is 42.2 Å². The Labute approximate surface area is 206 Å². The van der Waals surface area contributed by atoms with Crippen LogP contribution in [0.5, 0.6) is 0 Å². The molecule has 0 aliphatic carbocycles. The Hall–Kier alpha value is -2.55. The average Bonchev–Trinajstić information content (AvgIpc) is 3.39. The van der Waals surface area contributed by atoms with Gasteiger partial charge in [-0.3, -0.25) is 4.98 Å². The second-order valence-corrected chi connectivity index (χ2v) is 9.52. The maximum atomic E-state index is 14.6. The highest BCUT2D eigenvalue weighted by molar-refractivity contribution is 9.10. The Morgan fingerprint density at radius 1 is 0.969 bits per heavy atom. The molecule has 1 aliphatic rings. The molecule has 4 aromatic rings. The molecule has 8 heteroatoms. The summed E-state index contributed by atoms with van der Waals surface area (Å²) in [5.74, 6) is 0.762. The number of aromatic nitrogens is 1. The Bertz CT molecular complexity index is 1280. The molecule has 5 rings (SSSR count). The van der Waals surface area contributed by atoms with Crippen LogP contribution in [0.2, 0.25) is 0 Å². The largest absolute Gasteiger partial charge is 0.459 e. The highest BCUT2D eigenvalue weighted by Crippen LogP contribution is 2.43. The Morgan fingerprint density at radius 3 is 2.47 bits per heavy atom. The zero-order chi connectivity index (χ0) is 22.2. The summed E-state index contributed by atoms with van der Waals surface area (Å²) in [5.41, 5.74) is 2.16. The van der Waals surface area contributed by atoms with Gasteiger partial charge in [0.1, 0.15) is 23.4 Å². The van der Waals surface area contributed by atoms with Crippen molar-refractivity contribution >= 4 is 54.9 Å². The number of hydrogen-bond donors (Lipinski definition) is 1. The van der Waals surface area contributed by atoms with Crippen LogP contribution in [0.3, 0.4) is 0 Å². The molecule has 0 bridgehead atoms. The smallest absolute Gasteiger partial charge is 0.174 e. The topological polar surface area (TPSA) is 41.3 Å². The van der Waals surface area contributed by atoms with Gasteiger partial charge in [0.15, 0.2) is 5.11 Å². The summed E-state index contributed by atoms with van der Waals surface area (Å²) in [7, 11) is 0. The van der Waals surface area contributed by atoms with Gasteiger partial charge in [0, 0.05) is 20.8 Å². The third kappa shape index (κ3) is 3.98. The van der Waals surface area contributed by atoms with E-state index in [1.807, 2.05) is 53.4 Å². The molecular formula is C24H16Br2FN3OS. The summed E-state index contributed by atoms with van der Waals surface area (Å²) < 4.78 is 22.4. The van der Waals surface area contributed by atoms with Gasteiger partial charge in [-0.05, 0) is 78.9 Å². The van der Waals surface area contributed by atoms with E-state index in [1.165, 1.54) is 6.07 Å². The number of nitrogens with zero attached hydrogens (tertiary/aromatic N) is 2. The lowest BCUT2D eigenvalue weighted by molar-refractivity contribution is 0.438. The molecule has 0 unspecified atom stereocenters. The first-order valence-electron chi connectivity index (χ1n) is 9.82. The van der Waals surface area contributed by atoms with Crippen LogP contribution in [0.25, 0.3) is 11.3 Å². The third-order valence-electron chi connectivity index (χ3n) is 5.32. The Morgan fingerprint density at radius 2 is 1.75 bits per heavy atom. The molecule has 32 heavy (non-hydrogen) atoms. The lowest BCUT2D eigenvalue weighted by Gasteiger charge is -2.26. The number of nitrogens with one attached hydrogen (secondary N) is 1. The van der Waals surface area contributed by atoms with Gasteiger partial charge in [-0.25, -0.2) is 4.39 Å². The quantitative estimate of drug-likeness (QED) is 0.262. The number of thiocarbonyl (C=S) groups is 1. The molecule has 4 nitrogen and oxygen atoms in total. The van der Waals surface area contributed by atoms with Gasteiger partial charge in [-0.2, -0.15) is 0 Å². The van der Waals surface area contributed by atoms with E-state index in [0.717, 1.165) is 15.9 Å². The number of rotatable bonds is 4. The van der Waals surface area contributed by atoms with Gasteiger partial charge in [0.05, 0.1) is 17.3 Å². The monoisotopic (exact) mass is 571 g/mol. The van der Waals surface area contributed by atoms with Crippen molar-refractivity contribution in [2.24, 2.45) is 0 Å². The molecule has 1 aliphatic heterocycles. The number of halogens is 3. The second kappa shape index (κ2) is 8.77. The van der Waals surface area contributed by atoms with Crippen molar-refractivity contribution in [1.82, 2.24) is 10.3 Å². The molecule has 0 amide bonds. The van der Waals surface area contributed by atoms with Crippen molar-refractivity contribution in [1.29, 1.82) is 0 Å². The predicted molar refractivity (Wildman–Crippen MR) is 134 cm³/mol. The van der Waals surface area contributed by atoms with E-state index in [1.54, 1.807) is 24.4 Å². The molecule has 3 heterocycles. The molecule has 0 radical (unpaired) electrons. The van der Waals surface area contributed by atoms with Crippen molar-refractivity contribution in [3.63, 3.8) is 0 Å². The molecule has 2 aromatic carbocycles. The first-order chi connectivity index (χ1) is 15.5. The minimum absolute atomic E-state index is 0.235. The molecular weight excluding hydrogens is 557 g/mol. The number of benzene rings is 2. The van der Waals surface area contributed by atoms with Gasteiger partial charge < -0.3 is 14.6 Å². The number of hydrogen-bond acceptors (Lipinski definition) is 3. The van der Waals surface area contributed by atoms with Crippen LogP contribution in [-0.4, -0.2) is 10.1 Å². The maximum absolute atomic E-state index is 14.6. The molecule has 1 N–H and O–H groups in total. The van der Waals surface area contributed by atoms with Crippen LogP contribution in [0, 0.1) is 5.82 Å². The number of anilines is 1. The highest BCUT2D eigenvalue weighted by Gasteiger charge is 2.42. The molecule has 160 valence electrons. The number of pyridine rings is 1. The fourth-order valence-corrected chi connectivity index (χ4v) is 4.81. The molecule has 0 spiro atoms. The SMILES string of the molecule is Fc1cc(Br)ccc1-c1ccc([C@H]2[C@@H](c3ccccn3)NC(=S)N2c2ccc(Br)cc2)o1.